The minimum absolute atomic E-state index is 0.240. The Bertz CT molecular complexity index is 923. The Kier molecular flexibility index (Phi) is 4.39. The molecule has 3 rings (SSSR count). The Balaban J connectivity index is 1.88. The molecular weight excluding hydrogens is 376 g/mol. The minimum atomic E-state index is -0.351. The molecule has 0 aliphatic rings. The predicted molar refractivity (Wildman–Crippen MR) is 93.7 cm³/mol. The summed E-state index contributed by atoms with van der Waals surface area (Å²) in [6, 6.07) is 7.40. The number of methoxy groups -OCH3 is 2. The van der Waals surface area contributed by atoms with Crippen molar-refractivity contribution in [1.82, 2.24) is 14.8 Å². The van der Waals surface area contributed by atoms with Crippen LogP contribution >= 0.6 is 15.9 Å². The molecule has 0 unspecified atom stereocenters. The lowest BCUT2D eigenvalue weighted by atomic mass is 10.2. The van der Waals surface area contributed by atoms with Crippen LogP contribution in [0.1, 0.15) is 10.5 Å². The molecular formula is C16H15BrN4O3. The fraction of sp³-hybridized carbons (Fsp3) is 0.188. The summed E-state index contributed by atoms with van der Waals surface area (Å²) in [7, 11) is 4.82. The number of pyridine rings is 1. The number of hydrogen-bond donors (Lipinski definition) is 1. The van der Waals surface area contributed by atoms with Gasteiger partial charge in [-0.3, -0.25) is 9.78 Å². The second-order valence-corrected chi connectivity index (χ2v) is 5.83. The van der Waals surface area contributed by atoms with Crippen LogP contribution in [0.4, 0.5) is 5.69 Å². The zero-order valence-corrected chi connectivity index (χ0v) is 14.9. The van der Waals surface area contributed by atoms with Crippen LogP contribution in [0.5, 0.6) is 11.6 Å². The van der Waals surface area contributed by atoms with Gasteiger partial charge in [0, 0.05) is 18.5 Å². The molecule has 7 nitrogen and oxygen atoms in total. The van der Waals surface area contributed by atoms with Crippen molar-refractivity contribution in [2.75, 3.05) is 19.5 Å². The molecule has 1 aromatic carbocycles. The van der Waals surface area contributed by atoms with Crippen molar-refractivity contribution in [3.8, 4) is 11.6 Å². The van der Waals surface area contributed by atoms with E-state index in [0.29, 0.717) is 16.0 Å². The number of rotatable bonds is 4. The second kappa shape index (κ2) is 6.48. The van der Waals surface area contributed by atoms with Crippen LogP contribution in [0, 0.1) is 0 Å². The Labute approximate surface area is 146 Å². The third-order valence-corrected chi connectivity index (χ3v) is 4.21. The number of amides is 1. The number of benzene rings is 1. The lowest BCUT2D eigenvalue weighted by Gasteiger charge is -2.06. The topological polar surface area (TPSA) is 78.3 Å². The van der Waals surface area contributed by atoms with E-state index in [2.05, 4.69) is 31.3 Å². The van der Waals surface area contributed by atoms with Gasteiger partial charge in [-0.2, -0.15) is 5.10 Å². The monoisotopic (exact) mass is 390 g/mol. The van der Waals surface area contributed by atoms with E-state index >= 15 is 0 Å². The van der Waals surface area contributed by atoms with Gasteiger partial charge in [-0.1, -0.05) is 0 Å². The number of carbonyl (C=O) groups is 1. The Morgan fingerprint density at radius 3 is 2.71 bits per heavy atom. The maximum absolute atomic E-state index is 12.4. The molecule has 24 heavy (non-hydrogen) atoms. The van der Waals surface area contributed by atoms with E-state index in [1.807, 2.05) is 24.3 Å². The summed E-state index contributed by atoms with van der Waals surface area (Å²) in [5.41, 5.74) is 1.60. The zero-order chi connectivity index (χ0) is 17.3. The highest BCUT2D eigenvalue weighted by Crippen LogP contribution is 2.28. The number of nitrogens with one attached hydrogen (secondary N) is 1. The quantitative estimate of drug-likeness (QED) is 0.740. The van der Waals surface area contributed by atoms with Gasteiger partial charge in [0.2, 0.25) is 5.88 Å². The molecule has 0 atom stereocenters. The third kappa shape index (κ3) is 2.92. The molecule has 0 fully saturated rings. The summed E-state index contributed by atoms with van der Waals surface area (Å²) < 4.78 is 12.4. The molecule has 124 valence electrons. The number of halogens is 1. The van der Waals surface area contributed by atoms with Gasteiger partial charge >= 0.3 is 0 Å². The van der Waals surface area contributed by atoms with E-state index in [9.17, 15) is 4.79 Å². The van der Waals surface area contributed by atoms with Crippen LogP contribution in [0.2, 0.25) is 0 Å². The van der Waals surface area contributed by atoms with Gasteiger partial charge in [0.1, 0.15) is 10.2 Å². The second-order valence-electron chi connectivity index (χ2n) is 5.03. The molecule has 0 saturated carbocycles. The van der Waals surface area contributed by atoms with E-state index < -0.39 is 0 Å². The largest absolute Gasteiger partial charge is 0.497 e. The van der Waals surface area contributed by atoms with Gasteiger partial charge in [0.05, 0.1) is 31.6 Å². The van der Waals surface area contributed by atoms with Crippen LogP contribution in [0.15, 0.2) is 34.9 Å². The SMILES string of the molecule is COc1ccc2cc(NC(=O)c3nn(C)c(OC)c3Br)cnc2c1. The van der Waals surface area contributed by atoms with E-state index in [1.165, 1.54) is 11.8 Å². The number of fused-ring (bicyclic) bond motifs is 1. The summed E-state index contributed by atoms with van der Waals surface area (Å²) in [5.74, 6) is 0.857. The maximum atomic E-state index is 12.4. The number of aryl methyl sites for hydroxylation is 1. The van der Waals surface area contributed by atoms with Crippen molar-refractivity contribution >= 4 is 38.4 Å². The lowest BCUT2D eigenvalue weighted by Crippen LogP contribution is -2.13. The zero-order valence-electron chi connectivity index (χ0n) is 13.3. The van der Waals surface area contributed by atoms with E-state index in [4.69, 9.17) is 9.47 Å². The molecule has 3 aromatic rings. The van der Waals surface area contributed by atoms with E-state index in [1.54, 1.807) is 20.4 Å². The molecule has 8 heteroatoms. The highest BCUT2D eigenvalue weighted by Gasteiger charge is 2.21. The van der Waals surface area contributed by atoms with Crippen LogP contribution in [0.25, 0.3) is 10.9 Å². The molecule has 0 saturated heterocycles. The molecule has 2 heterocycles. The number of nitrogens with zero attached hydrogens (tertiary/aromatic N) is 3. The van der Waals surface area contributed by atoms with Crippen molar-refractivity contribution in [3.63, 3.8) is 0 Å². The standard InChI is InChI=1S/C16H15BrN4O3/c1-21-16(24-3)13(17)14(20-21)15(22)19-10-6-9-4-5-11(23-2)7-12(9)18-8-10/h4-8H,1-3H3,(H,19,22). The van der Waals surface area contributed by atoms with Crippen molar-refractivity contribution in [1.29, 1.82) is 0 Å². The lowest BCUT2D eigenvalue weighted by molar-refractivity contribution is 0.102. The molecule has 0 aliphatic carbocycles. The van der Waals surface area contributed by atoms with Crippen molar-refractivity contribution in [2.24, 2.45) is 7.05 Å². The summed E-state index contributed by atoms with van der Waals surface area (Å²) in [4.78, 5) is 16.8. The first kappa shape index (κ1) is 16.3. The van der Waals surface area contributed by atoms with E-state index in [-0.39, 0.29) is 11.6 Å². The molecule has 2 aromatic heterocycles. The van der Waals surface area contributed by atoms with Crippen LogP contribution in [0.3, 0.4) is 0 Å². The van der Waals surface area contributed by atoms with Crippen LogP contribution < -0.4 is 14.8 Å². The number of hydrogen-bond acceptors (Lipinski definition) is 5. The van der Waals surface area contributed by atoms with Gasteiger partial charge in [0.15, 0.2) is 5.69 Å². The molecule has 0 bridgehead atoms. The number of ether oxygens (including phenoxy) is 2. The Morgan fingerprint density at radius 2 is 2.04 bits per heavy atom. The number of carbonyl (C=O) groups excluding carboxylic acids is 1. The summed E-state index contributed by atoms with van der Waals surface area (Å²) in [6.07, 6.45) is 1.59. The van der Waals surface area contributed by atoms with Gasteiger partial charge in [0.25, 0.3) is 5.91 Å². The Morgan fingerprint density at radius 1 is 1.25 bits per heavy atom. The number of aromatic nitrogens is 3. The smallest absolute Gasteiger partial charge is 0.277 e. The highest BCUT2D eigenvalue weighted by atomic mass is 79.9. The highest BCUT2D eigenvalue weighted by molar-refractivity contribution is 9.10. The van der Waals surface area contributed by atoms with Crippen molar-refractivity contribution in [3.05, 3.63) is 40.6 Å². The number of anilines is 1. The Hall–Kier alpha value is -2.61. The normalized spacial score (nSPS) is 10.7. The molecule has 0 spiro atoms. The average molecular weight is 391 g/mol. The van der Waals surface area contributed by atoms with Crippen LogP contribution in [-0.4, -0.2) is 34.9 Å². The first-order chi connectivity index (χ1) is 11.5. The van der Waals surface area contributed by atoms with Crippen molar-refractivity contribution in [2.45, 2.75) is 0 Å². The molecule has 0 radical (unpaired) electrons. The maximum Gasteiger partial charge on any atom is 0.277 e. The molecule has 0 aliphatic heterocycles. The van der Waals surface area contributed by atoms with E-state index in [0.717, 1.165) is 16.7 Å². The first-order valence-corrected chi connectivity index (χ1v) is 7.84. The first-order valence-electron chi connectivity index (χ1n) is 7.05. The van der Waals surface area contributed by atoms with Gasteiger partial charge in [-0.15, -0.1) is 0 Å². The average Bonchev–Trinajstić information content (AvgIpc) is 2.88. The van der Waals surface area contributed by atoms with Gasteiger partial charge in [-0.25, -0.2) is 4.68 Å². The van der Waals surface area contributed by atoms with Gasteiger partial charge in [-0.05, 0) is 34.1 Å². The van der Waals surface area contributed by atoms with Gasteiger partial charge < -0.3 is 14.8 Å². The van der Waals surface area contributed by atoms with Crippen LogP contribution in [-0.2, 0) is 7.05 Å². The fourth-order valence-electron chi connectivity index (χ4n) is 2.34. The summed E-state index contributed by atoms with van der Waals surface area (Å²) in [6.45, 7) is 0. The summed E-state index contributed by atoms with van der Waals surface area (Å²) in [5, 5.41) is 7.84. The third-order valence-electron chi connectivity index (χ3n) is 3.50. The summed E-state index contributed by atoms with van der Waals surface area (Å²) >= 11 is 3.33. The molecule has 1 amide bonds. The van der Waals surface area contributed by atoms with Crippen molar-refractivity contribution < 1.29 is 14.3 Å². The minimum Gasteiger partial charge on any atom is -0.497 e. The predicted octanol–water partition coefficient (Wildman–Crippen LogP) is 3.00. The fourth-order valence-corrected chi connectivity index (χ4v) is 3.01. The molecule has 1 N–H and O–H groups in total.